The van der Waals surface area contributed by atoms with Gasteiger partial charge in [0.05, 0.1) is 13.7 Å². The first kappa shape index (κ1) is 18.0. The van der Waals surface area contributed by atoms with E-state index in [0.717, 1.165) is 22.3 Å². The molecule has 0 bridgehead atoms. The van der Waals surface area contributed by atoms with Crippen molar-refractivity contribution in [2.45, 2.75) is 5.54 Å². The standard InChI is InChI=1S/C22H21FN4O/c1-27-14-22(26-21(27)24,18-8-9-20(28-2)19(23)12-18)17-7-3-5-15(11-17)16-6-4-10-25-13-16/h3-13H,14H2,1-2H3,(H2,24,26). The maximum absolute atomic E-state index is 14.5. The lowest BCUT2D eigenvalue weighted by Crippen LogP contribution is -2.34. The summed E-state index contributed by atoms with van der Waals surface area (Å²) in [7, 11) is 3.33. The Hall–Kier alpha value is -3.41. The summed E-state index contributed by atoms with van der Waals surface area (Å²) in [5.74, 6) is 0.195. The molecular formula is C22H21FN4O. The predicted octanol–water partition coefficient (Wildman–Crippen LogP) is 3.40. The summed E-state index contributed by atoms with van der Waals surface area (Å²) in [5.41, 5.74) is 9.00. The summed E-state index contributed by atoms with van der Waals surface area (Å²) in [5, 5.41) is 0. The molecular weight excluding hydrogens is 355 g/mol. The van der Waals surface area contributed by atoms with Crippen molar-refractivity contribution < 1.29 is 9.13 Å². The number of ether oxygens (including phenoxy) is 1. The molecule has 1 unspecified atom stereocenters. The van der Waals surface area contributed by atoms with E-state index in [4.69, 9.17) is 15.5 Å². The molecule has 2 heterocycles. The van der Waals surface area contributed by atoms with Gasteiger partial charge in [-0.3, -0.25) is 4.98 Å². The van der Waals surface area contributed by atoms with Gasteiger partial charge in [-0.05, 0) is 46.5 Å². The second-order valence-corrected chi connectivity index (χ2v) is 6.86. The number of aliphatic imine (C=N–C) groups is 1. The summed E-state index contributed by atoms with van der Waals surface area (Å²) >= 11 is 0. The van der Waals surface area contributed by atoms with Gasteiger partial charge >= 0.3 is 0 Å². The molecule has 0 aliphatic carbocycles. The maximum atomic E-state index is 14.5. The number of hydrogen-bond donors (Lipinski definition) is 1. The SMILES string of the molecule is COc1ccc(C2(c3cccc(-c4cccnc4)c3)CN(C)C(N)=N2)cc1F. The third-order valence-corrected chi connectivity index (χ3v) is 5.13. The molecule has 0 amide bonds. The fraction of sp³-hybridized carbons (Fsp3) is 0.182. The highest BCUT2D eigenvalue weighted by Gasteiger charge is 2.41. The fourth-order valence-corrected chi connectivity index (χ4v) is 3.63. The molecule has 0 radical (unpaired) electrons. The first-order chi connectivity index (χ1) is 13.5. The van der Waals surface area contributed by atoms with E-state index in [0.29, 0.717) is 12.5 Å². The number of nitrogens with two attached hydrogens (primary N) is 1. The average Bonchev–Trinajstić information content (AvgIpc) is 3.04. The molecule has 1 aliphatic rings. The minimum absolute atomic E-state index is 0.200. The Kier molecular flexibility index (Phi) is 4.47. The molecule has 0 saturated heterocycles. The van der Waals surface area contributed by atoms with Crippen LogP contribution in [0.4, 0.5) is 4.39 Å². The van der Waals surface area contributed by atoms with Crippen LogP contribution in [0.25, 0.3) is 11.1 Å². The highest BCUT2D eigenvalue weighted by Crippen LogP contribution is 2.40. The van der Waals surface area contributed by atoms with E-state index in [9.17, 15) is 4.39 Å². The quantitative estimate of drug-likeness (QED) is 0.758. The van der Waals surface area contributed by atoms with E-state index in [-0.39, 0.29) is 5.75 Å². The van der Waals surface area contributed by atoms with Crippen molar-refractivity contribution in [3.8, 4) is 16.9 Å². The number of methoxy groups -OCH3 is 1. The minimum atomic E-state index is -0.801. The van der Waals surface area contributed by atoms with Crippen molar-refractivity contribution >= 4 is 5.96 Å². The zero-order chi connectivity index (χ0) is 19.7. The molecule has 1 aromatic heterocycles. The lowest BCUT2D eigenvalue weighted by atomic mass is 9.82. The van der Waals surface area contributed by atoms with Crippen LogP contribution in [0.2, 0.25) is 0 Å². The zero-order valence-electron chi connectivity index (χ0n) is 15.8. The third kappa shape index (κ3) is 2.97. The maximum Gasteiger partial charge on any atom is 0.192 e. The Labute approximate surface area is 163 Å². The van der Waals surface area contributed by atoms with E-state index in [2.05, 4.69) is 11.1 Å². The highest BCUT2D eigenvalue weighted by molar-refractivity contribution is 5.82. The molecule has 5 nitrogen and oxygen atoms in total. The first-order valence-electron chi connectivity index (χ1n) is 8.95. The number of pyridine rings is 1. The Bertz CT molecular complexity index is 1040. The van der Waals surface area contributed by atoms with Gasteiger partial charge in [-0.1, -0.05) is 30.3 Å². The Morgan fingerprint density at radius 2 is 1.86 bits per heavy atom. The monoisotopic (exact) mass is 376 g/mol. The van der Waals surface area contributed by atoms with Crippen LogP contribution in [0.1, 0.15) is 11.1 Å². The fourth-order valence-electron chi connectivity index (χ4n) is 3.63. The number of likely N-dealkylation sites (N-methyl/N-ethyl adjacent to an activating group) is 1. The topological polar surface area (TPSA) is 63.7 Å². The molecule has 142 valence electrons. The van der Waals surface area contributed by atoms with Gasteiger partial charge in [0, 0.05) is 19.4 Å². The lowest BCUT2D eigenvalue weighted by Gasteiger charge is -2.28. The predicted molar refractivity (Wildman–Crippen MR) is 108 cm³/mol. The molecule has 1 atom stereocenters. The normalized spacial score (nSPS) is 18.8. The average molecular weight is 376 g/mol. The van der Waals surface area contributed by atoms with Gasteiger partial charge in [0.1, 0.15) is 5.54 Å². The number of hydrogen-bond acceptors (Lipinski definition) is 5. The van der Waals surface area contributed by atoms with Crippen molar-refractivity contribution in [3.05, 3.63) is 83.9 Å². The van der Waals surface area contributed by atoms with E-state index in [1.165, 1.54) is 13.2 Å². The van der Waals surface area contributed by atoms with Crippen LogP contribution < -0.4 is 10.5 Å². The van der Waals surface area contributed by atoms with Gasteiger partial charge in [-0.15, -0.1) is 0 Å². The van der Waals surface area contributed by atoms with Crippen molar-refractivity contribution in [2.24, 2.45) is 10.7 Å². The molecule has 0 fully saturated rings. The molecule has 4 rings (SSSR count). The molecule has 3 aromatic rings. The van der Waals surface area contributed by atoms with Crippen LogP contribution in [-0.4, -0.2) is 36.5 Å². The molecule has 2 N–H and O–H groups in total. The number of nitrogens with zero attached hydrogens (tertiary/aromatic N) is 3. The van der Waals surface area contributed by atoms with Crippen molar-refractivity contribution in [3.63, 3.8) is 0 Å². The van der Waals surface area contributed by atoms with Gasteiger partial charge in [0.2, 0.25) is 0 Å². The summed E-state index contributed by atoms with van der Waals surface area (Å²) < 4.78 is 19.6. The van der Waals surface area contributed by atoms with E-state index in [1.807, 2.05) is 54.5 Å². The number of benzene rings is 2. The van der Waals surface area contributed by atoms with Crippen LogP contribution in [0.15, 0.2) is 72.0 Å². The van der Waals surface area contributed by atoms with Gasteiger partial charge in [-0.25, -0.2) is 9.38 Å². The first-order valence-corrected chi connectivity index (χ1v) is 8.95. The van der Waals surface area contributed by atoms with E-state index >= 15 is 0 Å². The van der Waals surface area contributed by atoms with Gasteiger partial charge in [0.15, 0.2) is 17.5 Å². The van der Waals surface area contributed by atoms with Crippen LogP contribution in [0, 0.1) is 5.82 Å². The lowest BCUT2D eigenvalue weighted by molar-refractivity contribution is 0.383. The Balaban J connectivity index is 1.88. The molecule has 0 spiro atoms. The molecule has 28 heavy (non-hydrogen) atoms. The molecule has 0 saturated carbocycles. The second kappa shape index (κ2) is 6.96. The van der Waals surface area contributed by atoms with Crippen molar-refractivity contribution in [1.82, 2.24) is 9.88 Å². The smallest absolute Gasteiger partial charge is 0.192 e. The summed E-state index contributed by atoms with van der Waals surface area (Å²) in [6.07, 6.45) is 3.56. The number of aromatic nitrogens is 1. The minimum Gasteiger partial charge on any atom is -0.494 e. The Morgan fingerprint density at radius 1 is 1.07 bits per heavy atom. The Morgan fingerprint density at radius 3 is 2.50 bits per heavy atom. The largest absolute Gasteiger partial charge is 0.494 e. The van der Waals surface area contributed by atoms with E-state index in [1.54, 1.807) is 12.3 Å². The van der Waals surface area contributed by atoms with E-state index < -0.39 is 11.4 Å². The number of halogens is 1. The van der Waals surface area contributed by atoms with Gasteiger partial charge in [-0.2, -0.15) is 0 Å². The third-order valence-electron chi connectivity index (χ3n) is 5.13. The molecule has 1 aliphatic heterocycles. The number of rotatable bonds is 4. The van der Waals surface area contributed by atoms with Crippen LogP contribution in [-0.2, 0) is 5.54 Å². The van der Waals surface area contributed by atoms with Crippen molar-refractivity contribution in [2.75, 3.05) is 20.7 Å². The van der Waals surface area contributed by atoms with Gasteiger partial charge in [0.25, 0.3) is 0 Å². The summed E-state index contributed by atoms with van der Waals surface area (Å²) in [6, 6.07) is 16.9. The van der Waals surface area contributed by atoms with Crippen molar-refractivity contribution in [1.29, 1.82) is 0 Å². The second-order valence-electron chi connectivity index (χ2n) is 6.86. The summed E-state index contributed by atoms with van der Waals surface area (Å²) in [4.78, 5) is 10.8. The van der Waals surface area contributed by atoms with Crippen LogP contribution in [0.5, 0.6) is 5.75 Å². The molecule has 6 heteroatoms. The zero-order valence-corrected chi connectivity index (χ0v) is 15.8. The molecule has 2 aromatic carbocycles. The van der Waals surface area contributed by atoms with Crippen LogP contribution >= 0.6 is 0 Å². The van der Waals surface area contributed by atoms with Crippen LogP contribution in [0.3, 0.4) is 0 Å². The number of guanidine groups is 1. The summed E-state index contributed by atoms with van der Waals surface area (Å²) in [6.45, 7) is 0.515. The van der Waals surface area contributed by atoms with Gasteiger partial charge < -0.3 is 15.4 Å². The highest BCUT2D eigenvalue weighted by atomic mass is 19.1.